The summed E-state index contributed by atoms with van der Waals surface area (Å²) in [6.07, 6.45) is 6.29. The highest BCUT2D eigenvalue weighted by Crippen LogP contribution is 2.31. The minimum absolute atomic E-state index is 0.202. The first-order valence-corrected chi connectivity index (χ1v) is 5.40. The van der Waals surface area contributed by atoms with E-state index in [4.69, 9.17) is 5.26 Å². The second-order valence-corrected chi connectivity index (χ2v) is 4.00. The first-order valence-electron chi connectivity index (χ1n) is 5.40. The van der Waals surface area contributed by atoms with Crippen LogP contribution in [0, 0.1) is 23.2 Å². The van der Waals surface area contributed by atoms with E-state index < -0.39 is 0 Å². The Balaban J connectivity index is 2.54. The topological polar surface area (TPSA) is 35.8 Å². The zero-order chi connectivity index (χ0) is 9.68. The van der Waals surface area contributed by atoms with Crippen molar-refractivity contribution in [3.63, 3.8) is 0 Å². The fraction of sp³-hybridized carbons (Fsp3) is 0.909. The Labute approximate surface area is 81.3 Å². The van der Waals surface area contributed by atoms with Gasteiger partial charge in [-0.1, -0.05) is 19.8 Å². The van der Waals surface area contributed by atoms with Gasteiger partial charge in [-0.05, 0) is 32.2 Å². The van der Waals surface area contributed by atoms with E-state index in [-0.39, 0.29) is 5.92 Å². The van der Waals surface area contributed by atoms with Crippen LogP contribution in [0.5, 0.6) is 0 Å². The lowest BCUT2D eigenvalue weighted by molar-refractivity contribution is 0.308. The number of nitrogens with zero attached hydrogens (tertiary/aromatic N) is 1. The molecule has 0 bridgehead atoms. The highest BCUT2D eigenvalue weighted by atomic mass is 14.9. The first kappa shape index (κ1) is 10.5. The van der Waals surface area contributed by atoms with Gasteiger partial charge in [-0.15, -0.1) is 0 Å². The monoisotopic (exact) mass is 180 g/mol. The predicted molar refractivity (Wildman–Crippen MR) is 54.2 cm³/mol. The Morgan fingerprint density at radius 3 is 2.46 bits per heavy atom. The molecule has 0 radical (unpaired) electrons. The zero-order valence-corrected chi connectivity index (χ0v) is 8.71. The maximum atomic E-state index is 9.00. The third-order valence-electron chi connectivity index (χ3n) is 3.28. The number of nitriles is 1. The summed E-state index contributed by atoms with van der Waals surface area (Å²) in [6, 6.07) is 2.85. The molecule has 0 aliphatic heterocycles. The van der Waals surface area contributed by atoms with Gasteiger partial charge in [-0.3, -0.25) is 0 Å². The van der Waals surface area contributed by atoms with E-state index in [2.05, 4.69) is 18.3 Å². The Kier molecular flexibility index (Phi) is 4.24. The van der Waals surface area contributed by atoms with Crippen molar-refractivity contribution in [1.82, 2.24) is 5.32 Å². The van der Waals surface area contributed by atoms with Gasteiger partial charge in [0.1, 0.15) is 0 Å². The maximum absolute atomic E-state index is 9.00. The van der Waals surface area contributed by atoms with Crippen molar-refractivity contribution >= 4 is 0 Å². The van der Waals surface area contributed by atoms with E-state index in [1.807, 2.05) is 7.05 Å². The lowest BCUT2D eigenvalue weighted by Crippen LogP contribution is -2.38. The molecule has 2 unspecified atom stereocenters. The summed E-state index contributed by atoms with van der Waals surface area (Å²) in [5, 5.41) is 12.3. The van der Waals surface area contributed by atoms with Gasteiger partial charge in [0.25, 0.3) is 0 Å². The average Bonchev–Trinajstić information content (AvgIpc) is 2.66. The zero-order valence-electron chi connectivity index (χ0n) is 8.71. The van der Waals surface area contributed by atoms with Crippen LogP contribution in [0.3, 0.4) is 0 Å². The fourth-order valence-corrected chi connectivity index (χ4v) is 2.51. The minimum Gasteiger partial charge on any atom is -0.315 e. The number of hydrogen-bond donors (Lipinski definition) is 1. The second kappa shape index (κ2) is 5.24. The lowest BCUT2D eigenvalue weighted by atomic mass is 9.86. The molecule has 0 amide bonds. The molecule has 0 heterocycles. The highest BCUT2D eigenvalue weighted by molar-refractivity contribution is 4.95. The van der Waals surface area contributed by atoms with Gasteiger partial charge in [-0.25, -0.2) is 0 Å². The summed E-state index contributed by atoms with van der Waals surface area (Å²) >= 11 is 0. The standard InChI is InChI=1S/C11H20N2/c1-3-9(8-12)11(13-2)10-6-4-5-7-10/h9-11,13H,3-7H2,1-2H3. The molecule has 1 N–H and O–H groups in total. The summed E-state index contributed by atoms with van der Waals surface area (Å²) in [6.45, 7) is 2.10. The maximum Gasteiger partial charge on any atom is 0.0672 e. The van der Waals surface area contributed by atoms with Crippen LogP contribution in [0.15, 0.2) is 0 Å². The van der Waals surface area contributed by atoms with Crippen molar-refractivity contribution < 1.29 is 0 Å². The Morgan fingerprint density at radius 1 is 1.46 bits per heavy atom. The number of rotatable bonds is 4. The van der Waals surface area contributed by atoms with E-state index >= 15 is 0 Å². The van der Waals surface area contributed by atoms with Crippen LogP contribution in [-0.4, -0.2) is 13.1 Å². The Morgan fingerprint density at radius 2 is 2.08 bits per heavy atom. The molecule has 13 heavy (non-hydrogen) atoms. The Hall–Kier alpha value is -0.550. The van der Waals surface area contributed by atoms with E-state index in [1.54, 1.807) is 0 Å². The van der Waals surface area contributed by atoms with E-state index in [1.165, 1.54) is 25.7 Å². The van der Waals surface area contributed by atoms with Gasteiger partial charge in [0.2, 0.25) is 0 Å². The molecule has 0 spiro atoms. The van der Waals surface area contributed by atoms with E-state index in [0.29, 0.717) is 6.04 Å². The summed E-state index contributed by atoms with van der Waals surface area (Å²) < 4.78 is 0. The smallest absolute Gasteiger partial charge is 0.0672 e. The minimum atomic E-state index is 0.202. The van der Waals surface area contributed by atoms with Crippen LogP contribution in [0.1, 0.15) is 39.0 Å². The molecule has 2 heteroatoms. The quantitative estimate of drug-likeness (QED) is 0.720. The SMILES string of the molecule is CCC(C#N)C(NC)C1CCCC1. The van der Waals surface area contributed by atoms with Crippen LogP contribution in [0.4, 0.5) is 0 Å². The largest absolute Gasteiger partial charge is 0.315 e. The molecule has 0 saturated heterocycles. The van der Waals surface area contributed by atoms with Crippen LogP contribution in [0.2, 0.25) is 0 Å². The molecule has 0 aromatic rings. The van der Waals surface area contributed by atoms with Gasteiger partial charge < -0.3 is 5.32 Å². The van der Waals surface area contributed by atoms with Crippen molar-refractivity contribution in [2.45, 2.75) is 45.1 Å². The van der Waals surface area contributed by atoms with Crippen molar-refractivity contribution in [3.05, 3.63) is 0 Å². The van der Waals surface area contributed by atoms with Gasteiger partial charge >= 0.3 is 0 Å². The van der Waals surface area contributed by atoms with Crippen LogP contribution < -0.4 is 5.32 Å². The predicted octanol–water partition coefficient (Wildman–Crippen LogP) is 2.31. The van der Waals surface area contributed by atoms with Gasteiger partial charge in [-0.2, -0.15) is 5.26 Å². The lowest BCUT2D eigenvalue weighted by Gasteiger charge is -2.26. The highest BCUT2D eigenvalue weighted by Gasteiger charge is 2.29. The van der Waals surface area contributed by atoms with Gasteiger partial charge in [0.15, 0.2) is 0 Å². The number of nitrogens with one attached hydrogen (secondary N) is 1. The van der Waals surface area contributed by atoms with Gasteiger partial charge in [0, 0.05) is 6.04 Å². The van der Waals surface area contributed by atoms with E-state index in [0.717, 1.165) is 12.3 Å². The molecule has 0 aromatic heterocycles. The third-order valence-corrected chi connectivity index (χ3v) is 3.28. The molecule has 1 fully saturated rings. The molecule has 1 rings (SSSR count). The molecule has 1 saturated carbocycles. The summed E-state index contributed by atoms with van der Waals surface area (Å²) in [7, 11) is 1.99. The Bertz CT molecular complexity index is 177. The number of hydrogen-bond acceptors (Lipinski definition) is 2. The van der Waals surface area contributed by atoms with Crippen molar-refractivity contribution in [3.8, 4) is 6.07 Å². The molecule has 1 aliphatic carbocycles. The van der Waals surface area contributed by atoms with Crippen LogP contribution in [0.25, 0.3) is 0 Å². The van der Waals surface area contributed by atoms with Crippen molar-refractivity contribution in [1.29, 1.82) is 5.26 Å². The summed E-state index contributed by atoms with van der Waals surface area (Å²) in [5.74, 6) is 0.947. The van der Waals surface area contributed by atoms with Crippen LogP contribution >= 0.6 is 0 Å². The third kappa shape index (κ3) is 2.45. The molecular weight excluding hydrogens is 160 g/mol. The fourth-order valence-electron chi connectivity index (χ4n) is 2.51. The average molecular weight is 180 g/mol. The summed E-state index contributed by atoms with van der Waals surface area (Å²) in [4.78, 5) is 0. The first-order chi connectivity index (χ1) is 6.33. The molecule has 1 aliphatic rings. The van der Waals surface area contributed by atoms with E-state index in [9.17, 15) is 0 Å². The molecular formula is C11H20N2. The van der Waals surface area contributed by atoms with Crippen molar-refractivity contribution in [2.24, 2.45) is 11.8 Å². The van der Waals surface area contributed by atoms with Gasteiger partial charge in [0.05, 0.1) is 12.0 Å². The molecule has 2 nitrogen and oxygen atoms in total. The second-order valence-electron chi connectivity index (χ2n) is 4.00. The molecule has 74 valence electrons. The van der Waals surface area contributed by atoms with Crippen LogP contribution in [-0.2, 0) is 0 Å². The summed E-state index contributed by atoms with van der Waals surface area (Å²) in [5.41, 5.74) is 0. The molecule has 2 atom stereocenters. The van der Waals surface area contributed by atoms with Crippen molar-refractivity contribution in [2.75, 3.05) is 7.05 Å². The molecule has 0 aromatic carbocycles. The normalized spacial score (nSPS) is 22.5.